The van der Waals surface area contributed by atoms with Crippen LogP contribution in [-0.2, 0) is 11.2 Å². The molecule has 1 fully saturated rings. The minimum atomic E-state index is -2.14. The van der Waals surface area contributed by atoms with Crippen LogP contribution >= 0.6 is 0 Å². The molecule has 8 heteroatoms. The second-order valence-corrected chi connectivity index (χ2v) is 10.9. The first-order valence-corrected chi connectivity index (χ1v) is 14.0. The van der Waals surface area contributed by atoms with Gasteiger partial charge in [0.15, 0.2) is 17.0 Å². The number of aliphatic hydroxyl groups is 2. The second-order valence-electron chi connectivity index (χ2n) is 10.9. The molecule has 1 aromatic heterocycles. The zero-order valence-corrected chi connectivity index (χ0v) is 23.8. The molecule has 0 spiro atoms. The van der Waals surface area contributed by atoms with Gasteiger partial charge in [-0.25, -0.2) is 0 Å². The zero-order valence-electron chi connectivity index (χ0n) is 23.8. The fourth-order valence-electron chi connectivity index (χ4n) is 7.06. The number of ether oxygens (including phenoxy) is 4. The Morgan fingerprint density at radius 1 is 0.814 bits per heavy atom. The lowest BCUT2D eigenvalue weighted by Crippen LogP contribution is -2.52. The van der Waals surface area contributed by atoms with Crippen molar-refractivity contribution in [2.24, 2.45) is 5.92 Å². The van der Waals surface area contributed by atoms with Gasteiger partial charge in [0.2, 0.25) is 5.78 Å². The van der Waals surface area contributed by atoms with E-state index >= 15 is 0 Å². The molecule has 5 atom stereocenters. The maximum absolute atomic E-state index is 14.5. The number of para-hydroxylation sites is 1. The summed E-state index contributed by atoms with van der Waals surface area (Å²) < 4.78 is 29.6. The lowest BCUT2D eigenvalue weighted by molar-refractivity contribution is -0.151. The molecule has 0 saturated heterocycles. The van der Waals surface area contributed by atoms with Gasteiger partial charge in [-0.15, -0.1) is 0 Å². The van der Waals surface area contributed by atoms with Crippen LogP contribution in [0.15, 0.2) is 101 Å². The second kappa shape index (κ2) is 9.90. The van der Waals surface area contributed by atoms with E-state index in [-0.39, 0.29) is 22.8 Å². The first-order chi connectivity index (χ1) is 20.9. The Hall–Kier alpha value is -4.79. The molecule has 2 heterocycles. The number of furan rings is 1. The predicted octanol–water partition coefficient (Wildman–Crippen LogP) is 5.59. The average Bonchev–Trinajstić information content (AvgIpc) is 3.66. The van der Waals surface area contributed by atoms with Crippen molar-refractivity contribution in [3.05, 3.63) is 120 Å². The van der Waals surface area contributed by atoms with Crippen LogP contribution in [0, 0.1) is 5.92 Å². The Morgan fingerprint density at radius 2 is 1.51 bits per heavy atom. The number of methoxy groups -OCH3 is 3. The summed E-state index contributed by atoms with van der Waals surface area (Å²) in [7, 11) is 4.56. The van der Waals surface area contributed by atoms with Gasteiger partial charge in [0.1, 0.15) is 34.7 Å². The number of carbonyl (C=O) groups is 1. The Morgan fingerprint density at radius 3 is 2.19 bits per heavy atom. The number of hydrogen-bond acceptors (Lipinski definition) is 8. The van der Waals surface area contributed by atoms with Crippen molar-refractivity contribution in [1.82, 2.24) is 0 Å². The third-order valence-electron chi connectivity index (χ3n) is 8.93. The number of hydrogen-bond donors (Lipinski definition) is 2. The molecule has 218 valence electrons. The van der Waals surface area contributed by atoms with E-state index in [4.69, 9.17) is 23.4 Å². The van der Waals surface area contributed by atoms with Gasteiger partial charge in [-0.2, -0.15) is 0 Å². The molecule has 1 aliphatic heterocycles. The monoisotopic (exact) mass is 578 g/mol. The third-order valence-corrected chi connectivity index (χ3v) is 8.93. The van der Waals surface area contributed by atoms with Gasteiger partial charge in [-0.05, 0) is 35.4 Å². The van der Waals surface area contributed by atoms with E-state index in [0.29, 0.717) is 28.2 Å². The van der Waals surface area contributed by atoms with Crippen LogP contribution in [-0.4, -0.2) is 43.4 Å². The zero-order chi connectivity index (χ0) is 29.9. The predicted molar refractivity (Wildman–Crippen MR) is 158 cm³/mol. The highest BCUT2D eigenvalue weighted by Crippen LogP contribution is 2.70. The minimum absolute atomic E-state index is 0.0848. The van der Waals surface area contributed by atoms with Gasteiger partial charge >= 0.3 is 0 Å². The molecule has 5 aromatic rings. The normalized spacial score (nSPS) is 25.6. The molecule has 0 amide bonds. The Kier molecular flexibility index (Phi) is 6.23. The number of ketones is 1. The molecule has 43 heavy (non-hydrogen) atoms. The molecule has 0 bridgehead atoms. The summed E-state index contributed by atoms with van der Waals surface area (Å²) in [6, 6.07) is 28.7. The van der Waals surface area contributed by atoms with E-state index in [1.165, 1.54) is 14.2 Å². The largest absolute Gasteiger partial charge is 0.497 e. The molecule has 5 unspecified atom stereocenters. The van der Waals surface area contributed by atoms with Crippen LogP contribution in [0.1, 0.15) is 33.2 Å². The van der Waals surface area contributed by atoms with Crippen LogP contribution in [0.5, 0.6) is 23.0 Å². The van der Waals surface area contributed by atoms with E-state index in [2.05, 4.69) is 0 Å². The highest BCUT2D eigenvalue weighted by Gasteiger charge is 2.78. The number of rotatable bonds is 7. The molecule has 4 aromatic carbocycles. The summed E-state index contributed by atoms with van der Waals surface area (Å²) in [6.45, 7) is 0. The standard InChI is InChI=1S/C35H30O8/c1-39-23-15-13-22(14-16-23)35-30(20-9-5-4-6-10-20)29(32(36)28-17-21-11-7-8-12-25(21)42-28)33(37)34(35,38)31-26(41-3)18-24(40-2)19-27(31)43-35/h4-19,29-30,33,37-38H,1-3H3. The number of carbonyl (C=O) groups excluding carboxylic acids is 1. The molecule has 1 aliphatic carbocycles. The fraction of sp³-hybridized carbons (Fsp3) is 0.229. The summed E-state index contributed by atoms with van der Waals surface area (Å²) in [6.07, 6.45) is -1.64. The van der Waals surface area contributed by atoms with Crippen LogP contribution < -0.4 is 18.9 Å². The molecular weight excluding hydrogens is 548 g/mol. The van der Waals surface area contributed by atoms with Crippen molar-refractivity contribution < 1.29 is 38.4 Å². The van der Waals surface area contributed by atoms with E-state index in [9.17, 15) is 15.0 Å². The molecular formula is C35H30O8. The molecule has 8 nitrogen and oxygen atoms in total. The number of Topliss-reactive ketones (excluding diaryl/α,β-unsaturated/α-hetero) is 1. The van der Waals surface area contributed by atoms with E-state index in [1.807, 2.05) is 48.5 Å². The van der Waals surface area contributed by atoms with Crippen molar-refractivity contribution in [3.63, 3.8) is 0 Å². The van der Waals surface area contributed by atoms with Crippen LogP contribution in [0.25, 0.3) is 11.0 Å². The first-order valence-electron chi connectivity index (χ1n) is 14.0. The van der Waals surface area contributed by atoms with Crippen LogP contribution in [0.2, 0.25) is 0 Å². The van der Waals surface area contributed by atoms with Crippen LogP contribution in [0.3, 0.4) is 0 Å². The van der Waals surface area contributed by atoms with Gasteiger partial charge in [0.25, 0.3) is 0 Å². The van der Waals surface area contributed by atoms with E-state index in [0.717, 1.165) is 5.39 Å². The molecule has 7 rings (SSSR count). The van der Waals surface area contributed by atoms with Gasteiger partial charge in [-0.1, -0.05) is 60.7 Å². The smallest absolute Gasteiger partial charge is 0.204 e. The summed E-state index contributed by atoms with van der Waals surface area (Å²) in [4.78, 5) is 14.5. The van der Waals surface area contributed by atoms with E-state index in [1.54, 1.807) is 55.6 Å². The summed E-state index contributed by atoms with van der Waals surface area (Å²) >= 11 is 0. The Bertz CT molecular complexity index is 1800. The maximum Gasteiger partial charge on any atom is 0.204 e. The molecule has 0 radical (unpaired) electrons. The Labute approximate surface area is 248 Å². The molecule has 2 aliphatic rings. The van der Waals surface area contributed by atoms with Gasteiger partial charge in [-0.3, -0.25) is 4.79 Å². The van der Waals surface area contributed by atoms with E-state index < -0.39 is 34.9 Å². The van der Waals surface area contributed by atoms with Gasteiger partial charge < -0.3 is 33.6 Å². The van der Waals surface area contributed by atoms with Crippen molar-refractivity contribution >= 4 is 16.8 Å². The highest BCUT2D eigenvalue weighted by molar-refractivity contribution is 6.00. The van der Waals surface area contributed by atoms with Crippen molar-refractivity contribution in [1.29, 1.82) is 0 Å². The lowest BCUT2D eigenvalue weighted by atomic mass is 9.70. The first kappa shape index (κ1) is 27.1. The topological polar surface area (TPSA) is 108 Å². The summed E-state index contributed by atoms with van der Waals surface area (Å²) in [5.41, 5.74) is -1.79. The summed E-state index contributed by atoms with van der Waals surface area (Å²) in [5, 5.41) is 26.2. The van der Waals surface area contributed by atoms with Gasteiger partial charge in [0.05, 0.1) is 32.8 Å². The Balaban J connectivity index is 1.53. The fourth-order valence-corrected chi connectivity index (χ4v) is 7.06. The highest BCUT2D eigenvalue weighted by atomic mass is 16.5. The van der Waals surface area contributed by atoms with Gasteiger partial charge in [0, 0.05) is 23.4 Å². The maximum atomic E-state index is 14.5. The average molecular weight is 579 g/mol. The van der Waals surface area contributed by atoms with Crippen molar-refractivity contribution in [2.45, 2.75) is 23.2 Å². The third kappa shape index (κ3) is 3.66. The number of benzene rings is 4. The van der Waals surface area contributed by atoms with Crippen molar-refractivity contribution in [3.8, 4) is 23.0 Å². The van der Waals surface area contributed by atoms with Crippen molar-refractivity contribution in [2.75, 3.05) is 21.3 Å². The molecule has 2 N–H and O–H groups in total. The van der Waals surface area contributed by atoms with Crippen LogP contribution in [0.4, 0.5) is 0 Å². The summed E-state index contributed by atoms with van der Waals surface area (Å²) in [5.74, 6) is -0.819. The minimum Gasteiger partial charge on any atom is -0.497 e. The number of fused-ring (bicyclic) bond motifs is 4. The SMILES string of the molecule is COc1ccc(C23Oc4cc(OC)cc(OC)c4C2(O)C(O)C(C(=O)c2cc4ccccc4o2)C3c2ccccc2)cc1. The number of aliphatic hydroxyl groups excluding tert-OH is 1. The molecule has 1 saturated carbocycles. The lowest BCUT2D eigenvalue weighted by Gasteiger charge is -2.40. The quantitative estimate of drug-likeness (QED) is 0.241.